The molecule has 1 saturated heterocycles. The lowest BCUT2D eigenvalue weighted by Crippen LogP contribution is -2.41. The average Bonchev–Trinajstić information content (AvgIpc) is 2.84. The van der Waals surface area contributed by atoms with Crippen molar-refractivity contribution >= 4 is 6.09 Å². The van der Waals surface area contributed by atoms with Crippen molar-refractivity contribution in [1.82, 2.24) is 10.2 Å². The monoisotopic (exact) mass is 313 g/mol. The van der Waals surface area contributed by atoms with E-state index in [2.05, 4.69) is 19.2 Å². The molecule has 2 unspecified atom stereocenters. The lowest BCUT2D eigenvalue weighted by atomic mass is 9.96. The van der Waals surface area contributed by atoms with E-state index in [1.165, 1.54) is 0 Å². The van der Waals surface area contributed by atoms with Crippen molar-refractivity contribution in [2.75, 3.05) is 26.2 Å². The van der Waals surface area contributed by atoms with Crippen LogP contribution in [0.2, 0.25) is 0 Å². The number of carbonyl (C=O) groups excluding carboxylic acids is 1. The van der Waals surface area contributed by atoms with Gasteiger partial charge in [0, 0.05) is 12.6 Å². The first kappa shape index (κ1) is 19.2. The van der Waals surface area contributed by atoms with Crippen LogP contribution in [-0.2, 0) is 4.74 Å². The second-order valence-electron chi connectivity index (χ2n) is 7.70. The Morgan fingerprint density at radius 3 is 2.64 bits per heavy atom. The molecule has 1 rings (SSSR count). The van der Waals surface area contributed by atoms with Crippen LogP contribution in [0.15, 0.2) is 0 Å². The summed E-state index contributed by atoms with van der Waals surface area (Å²) in [5.74, 6) is 1.12. The van der Waals surface area contributed by atoms with E-state index in [4.69, 9.17) is 10.5 Å². The number of likely N-dealkylation sites (tertiary alicyclic amines) is 1. The molecule has 0 bridgehead atoms. The number of nitrogens with one attached hydrogen (secondary N) is 1. The summed E-state index contributed by atoms with van der Waals surface area (Å²) in [6.07, 6.45) is 2.96. The molecule has 1 aliphatic rings. The van der Waals surface area contributed by atoms with Crippen LogP contribution in [0.25, 0.3) is 0 Å². The molecule has 0 aromatic rings. The first-order chi connectivity index (χ1) is 10.2. The summed E-state index contributed by atoms with van der Waals surface area (Å²) in [5, 5.41) is 3.49. The molecule has 130 valence electrons. The molecule has 0 aliphatic carbocycles. The van der Waals surface area contributed by atoms with Crippen molar-refractivity contribution in [3.63, 3.8) is 0 Å². The van der Waals surface area contributed by atoms with Crippen LogP contribution in [0.3, 0.4) is 0 Å². The Morgan fingerprint density at radius 1 is 1.41 bits per heavy atom. The van der Waals surface area contributed by atoms with Gasteiger partial charge in [-0.25, -0.2) is 4.79 Å². The zero-order chi connectivity index (χ0) is 16.8. The smallest absolute Gasteiger partial charge is 0.410 e. The van der Waals surface area contributed by atoms with Gasteiger partial charge in [0.25, 0.3) is 0 Å². The molecule has 1 amide bonds. The third-order valence-corrected chi connectivity index (χ3v) is 4.31. The van der Waals surface area contributed by atoms with Crippen molar-refractivity contribution in [3.8, 4) is 0 Å². The maximum Gasteiger partial charge on any atom is 0.410 e. The van der Waals surface area contributed by atoms with Gasteiger partial charge in [0.1, 0.15) is 5.60 Å². The van der Waals surface area contributed by atoms with Crippen molar-refractivity contribution < 1.29 is 9.53 Å². The molecule has 1 heterocycles. The van der Waals surface area contributed by atoms with E-state index in [9.17, 15) is 4.79 Å². The summed E-state index contributed by atoms with van der Waals surface area (Å²) < 4.78 is 5.50. The number of rotatable bonds is 7. The number of nitrogens with two attached hydrogens (primary N) is 1. The molecular weight excluding hydrogens is 278 g/mol. The zero-order valence-electron chi connectivity index (χ0n) is 15.0. The molecule has 0 radical (unpaired) electrons. The molecule has 5 nitrogen and oxygen atoms in total. The molecule has 1 aliphatic heterocycles. The van der Waals surface area contributed by atoms with Crippen LogP contribution in [0.4, 0.5) is 4.79 Å². The minimum Gasteiger partial charge on any atom is -0.444 e. The summed E-state index contributed by atoms with van der Waals surface area (Å²) >= 11 is 0. The van der Waals surface area contributed by atoms with E-state index in [0.29, 0.717) is 17.9 Å². The predicted octanol–water partition coefficient (Wildman–Crippen LogP) is 2.60. The molecule has 0 spiro atoms. The van der Waals surface area contributed by atoms with Crippen molar-refractivity contribution in [2.45, 2.75) is 65.5 Å². The molecular formula is C17H35N3O2. The number of ether oxygens (including phenoxy) is 1. The van der Waals surface area contributed by atoms with Gasteiger partial charge in [0.2, 0.25) is 0 Å². The third-order valence-electron chi connectivity index (χ3n) is 4.31. The van der Waals surface area contributed by atoms with E-state index in [0.717, 1.165) is 45.4 Å². The largest absolute Gasteiger partial charge is 0.444 e. The fourth-order valence-electron chi connectivity index (χ4n) is 2.84. The van der Waals surface area contributed by atoms with Crippen molar-refractivity contribution in [3.05, 3.63) is 0 Å². The normalized spacial score (nSPS) is 20.5. The SMILES string of the molecule is CC(C)C(CN)CNCCC1CCCN1C(=O)OC(C)(C)C. The molecule has 0 aromatic heterocycles. The lowest BCUT2D eigenvalue weighted by Gasteiger charge is -2.29. The van der Waals surface area contributed by atoms with Crippen molar-refractivity contribution in [2.24, 2.45) is 17.6 Å². The minimum absolute atomic E-state index is 0.169. The van der Waals surface area contributed by atoms with Gasteiger partial charge in [0.15, 0.2) is 0 Å². The fourth-order valence-corrected chi connectivity index (χ4v) is 2.84. The highest BCUT2D eigenvalue weighted by atomic mass is 16.6. The van der Waals surface area contributed by atoms with E-state index in [-0.39, 0.29) is 6.09 Å². The average molecular weight is 313 g/mol. The Morgan fingerprint density at radius 2 is 2.09 bits per heavy atom. The Kier molecular flexibility index (Phi) is 7.63. The van der Waals surface area contributed by atoms with Crippen LogP contribution in [0.5, 0.6) is 0 Å². The van der Waals surface area contributed by atoms with E-state index in [1.54, 1.807) is 0 Å². The molecule has 2 atom stereocenters. The van der Waals surface area contributed by atoms with Gasteiger partial charge in [-0.1, -0.05) is 13.8 Å². The van der Waals surface area contributed by atoms with Crippen LogP contribution in [-0.4, -0.2) is 48.8 Å². The molecule has 1 fully saturated rings. The highest BCUT2D eigenvalue weighted by molar-refractivity contribution is 5.68. The predicted molar refractivity (Wildman–Crippen MR) is 90.8 cm³/mol. The van der Waals surface area contributed by atoms with Gasteiger partial charge in [0.05, 0.1) is 0 Å². The summed E-state index contributed by atoms with van der Waals surface area (Å²) in [6, 6.07) is 0.303. The minimum atomic E-state index is -0.423. The van der Waals surface area contributed by atoms with Gasteiger partial charge < -0.3 is 20.7 Å². The van der Waals surface area contributed by atoms with Gasteiger partial charge in [-0.05, 0) is 71.5 Å². The van der Waals surface area contributed by atoms with E-state index >= 15 is 0 Å². The van der Waals surface area contributed by atoms with E-state index < -0.39 is 5.60 Å². The summed E-state index contributed by atoms with van der Waals surface area (Å²) in [5.41, 5.74) is 5.37. The molecule has 5 heteroatoms. The standard InChI is InChI=1S/C17H35N3O2/c1-13(2)14(11-18)12-19-9-8-15-7-6-10-20(15)16(21)22-17(3,4)5/h13-15,19H,6-12,18H2,1-5H3. The van der Waals surface area contributed by atoms with Gasteiger partial charge >= 0.3 is 6.09 Å². The second-order valence-corrected chi connectivity index (χ2v) is 7.70. The van der Waals surface area contributed by atoms with Crippen LogP contribution < -0.4 is 11.1 Å². The fraction of sp³-hybridized carbons (Fsp3) is 0.941. The number of nitrogens with zero attached hydrogens (tertiary/aromatic N) is 1. The Hall–Kier alpha value is -0.810. The molecule has 0 aromatic carbocycles. The highest BCUT2D eigenvalue weighted by Gasteiger charge is 2.31. The van der Waals surface area contributed by atoms with Crippen LogP contribution in [0, 0.1) is 11.8 Å². The molecule has 0 saturated carbocycles. The zero-order valence-corrected chi connectivity index (χ0v) is 15.0. The summed E-state index contributed by atoms with van der Waals surface area (Å²) in [6.45, 7) is 13.6. The lowest BCUT2D eigenvalue weighted by molar-refractivity contribution is 0.0220. The van der Waals surface area contributed by atoms with Crippen LogP contribution in [0.1, 0.15) is 53.9 Å². The second kappa shape index (κ2) is 8.73. The topological polar surface area (TPSA) is 67.6 Å². The Balaban J connectivity index is 2.34. The van der Waals surface area contributed by atoms with Crippen LogP contribution >= 0.6 is 0 Å². The number of amides is 1. The van der Waals surface area contributed by atoms with E-state index in [1.807, 2.05) is 25.7 Å². The maximum absolute atomic E-state index is 12.2. The number of carbonyl (C=O) groups is 1. The third kappa shape index (κ3) is 6.53. The maximum atomic E-state index is 12.2. The number of hydrogen-bond donors (Lipinski definition) is 2. The van der Waals surface area contributed by atoms with Gasteiger partial charge in [-0.2, -0.15) is 0 Å². The van der Waals surface area contributed by atoms with Gasteiger partial charge in [-0.15, -0.1) is 0 Å². The molecule has 22 heavy (non-hydrogen) atoms. The first-order valence-corrected chi connectivity index (χ1v) is 8.65. The van der Waals surface area contributed by atoms with Crippen molar-refractivity contribution in [1.29, 1.82) is 0 Å². The highest BCUT2D eigenvalue weighted by Crippen LogP contribution is 2.22. The first-order valence-electron chi connectivity index (χ1n) is 8.65. The quantitative estimate of drug-likeness (QED) is 0.709. The summed E-state index contributed by atoms with van der Waals surface area (Å²) in [4.78, 5) is 14.1. The molecule has 3 N–H and O–H groups in total. The Bertz CT molecular complexity index is 339. The van der Waals surface area contributed by atoms with Gasteiger partial charge in [-0.3, -0.25) is 0 Å². The number of hydrogen-bond acceptors (Lipinski definition) is 4. The Labute approximate surface area is 135 Å². The summed E-state index contributed by atoms with van der Waals surface area (Å²) in [7, 11) is 0.